The monoisotopic (exact) mass is 280 g/mol. The summed E-state index contributed by atoms with van der Waals surface area (Å²) in [7, 11) is 0. The average molecular weight is 281 g/mol. The number of Topliss-reactive ketones (excluding diaryl/α,β-unsaturated/α-hetero) is 1. The molecule has 0 radical (unpaired) electrons. The van der Waals surface area contributed by atoms with Gasteiger partial charge in [0.05, 0.1) is 0 Å². The van der Waals surface area contributed by atoms with Crippen LogP contribution in [0.25, 0.3) is 0 Å². The molecule has 2 aromatic rings. The van der Waals surface area contributed by atoms with Gasteiger partial charge in [0, 0.05) is 22.6 Å². The Labute approximate surface area is 114 Å². The van der Waals surface area contributed by atoms with Gasteiger partial charge in [0.25, 0.3) is 0 Å². The van der Waals surface area contributed by atoms with Crippen molar-refractivity contribution in [2.45, 2.75) is 13.3 Å². The Morgan fingerprint density at radius 1 is 1.16 bits per heavy atom. The molecule has 0 saturated carbocycles. The molecule has 2 rings (SSSR count). The lowest BCUT2D eigenvalue weighted by Gasteiger charge is -2.07. The lowest BCUT2D eigenvalue weighted by atomic mass is 9.99. The summed E-state index contributed by atoms with van der Waals surface area (Å²) in [5.74, 6) is -1.79. The number of hydrogen-bond acceptors (Lipinski definition) is 1. The molecule has 1 nitrogen and oxygen atoms in total. The van der Waals surface area contributed by atoms with Crippen molar-refractivity contribution in [3.8, 4) is 0 Å². The SMILES string of the molecule is Cc1ccc(Cl)cc1C(=O)Cc1c(F)cccc1F. The van der Waals surface area contributed by atoms with Gasteiger partial charge in [-0.3, -0.25) is 4.79 Å². The zero-order valence-electron chi connectivity index (χ0n) is 10.2. The normalized spacial score (nSPS) is 10.5. The van der Waals surface area contributed by atoms with Crippen molar-refractivity contribution in [1.29, 1.82) is 0 Å². The highest BCUT2D eigenvalue weighted by Gasteiger charge is 2.16. The van der Waals surface area contributed by atoms with Crippen molar-refractivity contribution in [3.63, 3.8) is 0 Å². The van der Waals surface area contributed by atoms with Gasteiger partial charge in [-0.1, -0.05) is 23.7 Å². The molecule has 0 fully saturated rings. The maximum absolute atomic E-state index is 13.5. The minimum absolute atomic E-state index is 0.216. The zero-order valence-corrected chi connectivity index (χ0v) is 11.0. The molecule has 98 valence electrons. The van der Waals surface area contributed by atoms with Gasteiger partial charge in [0.2, 0.25) is 0 Å². The van der Waals surface area contributed by atoms with Gasteiger partial charge >= 0.3 is 0 Å². The smallest absolute Gasteiger partial charge is 0.167 e. The largest absolute Gasteiger partial charge is 0.294 e. The summed E-state index contributed by atoms with van der Waals surface area (Å²) in [5, 5.41) is 0.419. The number of hydrogen-bond donors (Lipinski definition) is 0. The van der Waals surface area contributed by atoms with Gasteiger partial charge in [0.1, 0.15) is 11.6 Å². The van der Waals surface area contributed by atoms with Gasteiger partial charge in [0.15, 0.2) is 5.78 Å². The fourth-order valence-electron chi connectivity index (χ4n) is 1.85. The van der Waals surface area contributed by atoms with E-state index in [2.05, 4.69) is 0 Å². The van der Waals surface area contributed by atoms with Gasteiger partial charge in [-0.25, -0.2) is 8.78 Å². The maximum Gasteiger partial charge on any atom is 0.167 e. The number of rotatable bonds is 3. The summed E-state index contributed by atoms with van der Waals surface area (Å²) in [6.45, 7) is 1.75. The fraction of sp³-hybridized carbons (Fsp3) is 0.133. The Hall–Kier alpha value is -1.74. The summed E-state index contributed by atoms with van der Waals surface area (Å²) < 4.78 is 27.0. The first-order chi connectivity index (χ1) is 8.99. The van der Waals surface area contributed by atoms with Crippen LogP contribution in [0.15, 0.2) is 36.4 Å². The number of carbonyl (C=O) groups is 1. The van der Waals surface area contributed by atoms with Gasteiger partial charge < -0.3 is 0 Å². The molecule has 0 N–H and O–H groups in total. The Bertz CT molecular complexity index is 618. The molecule has 0 bridgehead atoms. The Kier molecular flexibility index (Phi) is 3.96. The number of aryl methyl sites for hydroxylation is 1. The van der Waals surface area contributed by atoms with E-state index in [-0.39, 0.29) is 17.8 Å². The quantitative estimate of drug-likeness (QED) is 0.764. The van der Waals surface area contributed by atoms with Crippen LogP contribution in [-0.4, -0.2) is 5.78 Å². The standard InChI is InChI=1S/C15H11ClF2O/c1-9-5-6-10(16)7-11(9)15(19)8-12-13(17)3-2-4-14(12)18/h2-7H,8H2,1H3. The lowest BCUT2D eigenvalue weighted by molar-refractivity contribution is 0.0990. The van der Waals surface area contributed by atoms with E-state index in [1.165, 1.54) is 12.1 Å². The molecule has 2 aromatic carbocycles. The van der Waals surface area contributed by atoms with E-state index in [4.69, 9.17) is 11.6 Å². The van der Waals surface area contributed by atoms with Crippen LogP contribution in [0.5, 0.6) is 0 Å². The van der Waals surface area contributed by atoms with E-state index in [9.17, 15) is 13.6 Å². The van der Waals surface area contributed by atoms with Crippen LogP contribution >= 0.6 is 11.6 Å². The minimum atomic E-state index is -0.715. The van der Waals surface area contributed by atoms with Crippen molar-refractivity contribution < 1.29 is 13.6 Å². The number of ketones is 1. The Balaban J connectivity index is 2.34. The Morgan fingerprint density at radius 2 is 1.79 bits per heavy atom. The van der Waals surface area contributed by atoms with Crippen LogP contribution in [0.1, 0.15) is 21.5 Å². The molecule has 0 aliphatic heterocycles. The zero-order chi connectivity index (χ0) is 14.0. The molecular weight excluding hydrogens is 270 g/mol. The minimum Gasteiger partial charge on any atom is -0.294 e. The molecule has 0 atom stereocenters. The fourth-order valence-corrected chi connectivity index (χ4v) is 2.02. The topological polar surface area (TPSA) is 17.1 Å². The summed E-state index contributed by atoms with van der Waals surface area (Å²) in [6.07, 6.45) is -0.320. The van der Waals surface area contributed by atoms with E-state index < -0.39 is 11.6 Å². The predicted octanol–water partition coefficient (Wildman–Crippen LogP) is 4.35. The number of carbonyl (C=O) groups excluding carboxylic acids is 1. The predicted molar refractivity (Wildman–Crippen MR) is 70.6 cm³/mol. The second-order valence-corrected chi connectivity index (χ2v) is 4.70. The maximum atomic E-state index is 13.5. The summed E-state index contributed by atoms with van der Waals surface area (Å²) in [4.78, 5) is 12.1. The molecule has 19 heavy (non-hydrogen) atoms. The van der Waals surface area contributed by atoms with E-state index in [1.807, 2.05) is 0 Å². The van der Waals surface area contributed by atoms with Crippen molar-refractivity contribution in [2.75, 3.05) is 0 Å². The second kappa shape index (κ2) is 5.49. The highest BCUT2D eigenvalue weighted by Crippen LogP contribution is 2.20. The van der Waals surface area contributed by atoms with E-state index in [0.717, 1.165) is 17.7 Å². The van der Waals surface area contributed by atoms with E-state index in [0.29, 0.717) is 10.6 Å². The molecule has 0 unspecified atom stereocenters. The van der Waals surface area contributed by atoms with Crippen LogP contribution in [0.3, 0.4) is 0 Å². The third kappa shape index (κ3) is 2.99. The molecule has 0 heterocycles. The van der Waals surface area contributed by atoms with E-state index >= 15 is 0 Å². The van der Waals surface area contributed by atoms with Crippen molar-refractivity contribution in [2.24, 2.45) is 0 Å². The first-order valence-electron chi connectivity index (χ1n) is 5.71. The van der Waals surface area contributed by atoms with Crippen molar-refractivity contribution in [3.05, 3.63) is 69.7 Å². The average Bonchev–Trinajstić information content (AvgIpc) is 2.37. The Morgan fingerprint density at radius 3 is 2.42 bits per heavy atom. The second-order valence-electron chi connectivity index (χ2n) is 4.26. The van der Waals surface area contributed by atoms with E-state index in [1.54, 1.807) is 19.1 Å². The summed E-state index contributed by atoms with van der Waals surface area (Å²) in [5.41, 5.74) is 0.896. The van der Waals surface area contributed by atoms with Crippen molar-refractivity contribution in [1.82, 2.24) is 0 Å². The molecule has 4 heteroatoms. The van der Waals surface area contributed by atoms with Crippen LogP contribution in [-0.2, 0) is 6.42 Å². The van der Waals surface area contributed by atoms with Gasteiger partial charge in [-0.05, 0) is 36.8 Å². The van der Waals surface area contributed by atoms with Crippen LogP contribution in [0.2, 0.25) is 5.02 Å². The number of benzene rings is 2. The summed E-state index contributed by atoms with van der Waals surface area (Å²) >= 11 is 5.83. The third-order valence-electron chi connectivity index (χ3n) is 2.90. The molecule has 0 aliphatic rings. The van der Waals surface area contributed by atoms with Crippen LogP contribution in [0, 0.1) is 18.6 Å². The highest BCUT2D eigenvalue weighted by atomic mass is 35.5. The lowest BCUT2D eigenvalue weighted by Crippen LogP contribution is -2.08. The van der Waals surface area contributed by atoms with Crippen LogP contribution in [0.4, 0.5) is 8.78 Å². The molecule has 0 aliphatic carbocycles. The first-order valence-corrected chi connectivity index (χ1v) is 6.09. The van der Waals surface area contributed by atoms with Gasteiger partial charge in [-0.2, -0.15) is 0 Å². The molecule has 0 saturated heterocycles. The molecular formula is C15H11ClF2O. The first kappa shape index (κ1) is 13.7. The third-order valence-corrected chi connectivity index (χ3v) is 3.13. The van der Waals surface area contributed by atoms with Crippen LogP contribution < -0.4 is 0 Å². The molecule has 0 amide bonds. The molecule has 0 aromatic heterocycles. The summed E-state index contributed by atoms with van der Waals surface area (Å²) in [6, 6.07) is 8.42. The van der Waals surface area contributed by atoms with Crippen molar-refractivity contribution >= 4 is 17.4 Å². The molecule has 0 spiro atoms. The van der Waals surface area contributed by atoms with Gasteiger partial charge in [-0.15, -0.1) is 0 Å². The highest BCUT2D eigenvalue weighted by molar-refractivity contribution is 6.31. The number of halogens is 3.